The minimum Gasteiger partial charge on any atom is -0.478 e. The molecule has 5 heteroatoms. The zero-order chi connectivity index (χ0) is 6.57. The number of hydrogen-bond donors (Lipinski definition) is 2. The third kappa shape index (κ3) is 11.0. The molecule has 0 spiro atoms. The first kappa shape index (κ1) is 11.0. The molecule has 4 nitrogen and oxygen atoms in total. The minimum absolute atomic E-state index is 0. The van der Waals surface area contributed by atoms with Crippen molar-refractivity contribution in [3.05, 3.63) is 12.2 Å². The Balaban J connectivity index is 0. The maximum Gasteiger partial charge on any atom is 0.328 e. The van der Waals surface area contributed by atoms with E-state index in [1.54, 1.807) is 0 Å². The molecule has 0 aliphatic carbocycles. The summed E-state index contributed by atoms with van der Waals surface area (Å²) in [5.41, 5.74) is 0. The largest absolute Gasteiger partial charge is 0.478 e. The van der Waals surface area contributed by atoms with Gasteiger partial charge in [0.15, 0.2) is 0 Å². The van der Waals surface area contributed by atoms with Crippen molar-refractivity contribution in [2.75, 3.05) is 0 Å². The number of carboxylic acids is 2. The van der Waals surface area contributed by atoms with Crippen LogP contribution < -0.4 is 0 Å². The van der Waals surface area contributed by atoms with E-state index in [9.17, 15) is 9.59 Å². The van der Waals surface area contributed by atoms with Gasteiger partial charge < -0.3 is 10.2 Å². The maximum atomic E-state index is 9.55. The standard InChI is InChI=1S/C4H4O4.H3P/c5-3(6)1-2-4(7)8;/h1-2H,(H,5,6)(H,7,8);1H3/b2-1-;. The van der Waals surface area contributed by atoms with E-state index in [2.05, 4.69) is 0 Å². The van der Waals surface area contributed by atoms with Gasteiger partial charge in [-0.3, -0.25) is 0 Å². The van der Waals surface area contributed by atoms with Crippen LogP contribution in [0.3, 0.4) is 0 Å². The Morgan fingerprint density at radius 2 is 1.22 bits per heavy atom. The van der Waals surface area contributed by atoms with Gasteiger partial charge in [0.25, 0.3) is 0 Å². The van der Waals surface area contributed by atoms with E-state index in [0.717, 1.165) is 0 Å². The lowest BCUT2D eigenvalue weighted by molar-refractivity contribution is -0.134. The van der Waals surface area contributed by atoms with Crippen molar-refractivity contribution in [1.29, 1.82) is 0 Å². The van der Waals surface area contributed by atoms with E-state index in [4.69, 9.17) is 10.2 Å². The Morgan fingerprint density at radius 3 is 1.33 bits per heavy atom. The average Bonchev–Trinajstić information content (AvgIpc) is 1.61. The van der Waals surface area contributed by atoms with Gasteiger partial charge in [0.2, 0.25) is 0 Å². The molecule has 0 aliphatic heterocycles. The number of rotatable bonds is 2. The first-order chi connectivity index (χ1) is 3.63. The molecule has 0 aromatic carbocycles. The molecule has 0 radical (unpaired) electrons. The lowest BCUT2D eigenvalue weighted by atomic mass is 10.5. The second-order valence-corrected chi connectivity index (χ2v) is 1.01. The highest BCUT2D eigenvalue weighted by Gasteiger charge is 1.88. The fourth-order valence-electron chi connectivity index (χ4n) is 0.143. The van der Waals surface area contributed by atoms with E-state index in [0.29, 0.717) is 12.2 Å². The fourth-order valence-corrected chi connectivity index (χ4v) is 0.143. The molecule has 1 atom stereocenters. The Bertz CT molecular complexity index is 124. The molecule has 2 N–H and O–H groups in total. The Kier molecular flexibility index (Phi) is 6.41. The van der Waals surface area contributed by atoms with Crippen molar-refractivity contribution in [3.8, 4) is 0 Å². The number of carboxylic acid groups (broad SMARTS) is 2. The van der Waals surface area contributed by atoms with E-state index >= 15 is 0 Å². The fraction of sp³-hybridized carbons (Fsp3) is 0. The van der Waals surface area contributed by atoms with E-state index in [1.807, 2.05) is 0 Å². The van der Waals surface area contributed by atoms with Crippen molar-refractivity contribution in [3.63, 3.8) is 0 Å². The number of aliphatic carboxylic acids is 2. The molecule has 1 unspecified atom stereocenters. The van der Waals surface area contributed by atoms with Crippen LogP contribution in [0.15, 0.2) is 12.2 Å². The van der Waals surface area contributed by atoms with Crippen molar-refractivity contribution in [1.82, 2.24) is 0 Å². The highest BCUT2D eigenvalue weighted by atomic mass is 31.0. The molecule has 0 bridgehead atoms. The quantitative estimate of drug-likeness (QED) is 0.421. The summed E-state index contributed by atoms with van der Waals surface area (Å²) in [6.45, 7) is 0. The lowest BCUT2D eigenvalue weighted by Crippen LogP contribution is -1.91. The lowest BCUT2D eigenvalue weighted by Gasteiger charge is -1.74. The molecule has 0 saturated heterocycles. The third-order valence-electron chi connectivity index (χ3n) is 0.368. The van der Waals surface area contributed by atoms with Gasteiger partial charge in [0.05, 0.1) is 0 Å². The first-order valence-electron chi connectivity index (χ1n) is 1.77. The smallest absolute Gasteiger partial charge is 0.328 e. The summed E-state index contributed by atoms with van der Waals surface area (Å²) in [5.74, 6) is -2.51. The highest BCUT2D eigenvalue weighted by molar-refractivity contribution is 6.92. The summed E-state index contributed by atoms with van der Waals surface area (Å²) >= 11 is 0. The van der Waals surface area contributed by atoms with Gasteiger partial charge in [-0.2, -0.15) is 9.90 Å². The summed E-state index contributed by atoms with van der Waals surface area (Å²) < 4.78 is 0. The number of carbonyl (C=O) groups is 2. The van der Waals surface area contributed by atoms with Crippen LogP contribution in [-0.4, -0.2) is 22.2 Å². The molecule has 0 aliphatic rings. The molecule has 0 rings (SSSR count). The Morgan fingerprint density at radius 1 is 1.00 bits per heavy atom. The van der Waals surface area contributed by atoms with Gasteiger partial charge in [0, 0.05) is 12.2 Å². The Hall–Kier alpha value is -0.890. The maximum absolute atomic E-state index is 9.55. The Labute approximate surface area is 54.8 Å². The van der Waals surface area contributed by atoms with Crippen molar-refractivity contribution < 1.29 is 19.8 Å². The van der Waals surface area contributed by atoms with Gasteiger partial charge in [-0.15, -0.1) is 0 Å². The molecule has 9 heavy (non-hydrogen) atoms. The summed E-state index contributed by atoms with van der Waals surface area (Å²) in [6.07, 6.45) is 1.12. The summed E-state index contributed by atoms with van der Waals surface area (Å²) in [5, 5.41) is 15.6. The highest BCUT2D eigenvalue weighted by Crippen LogP contribution is 1.70. The average molecular weight is 150 g/mol. The number of hydrogen-bond acceptors (Lipinski definition) is 2. The zero-order valence-electron chi connectivity index (χ0n) is 4.57. The van der Waals surface area contributed by atoms with E-state index in [1.165, 1.54) is 0 Å². The topological polar surface area (TPSA) is 74.6 Å². The van der Waals surface area contributed by atoms with Crippen LogP contribution in [0.25, 0.3) is 0 Å². The monoisotopic (exact) mass is 150 g/mol. The molecule has 0 aromatic heterocycles. The van der Waals surface area contributed by atoms with Crippen molar-refractivity contribution >= 4 is 21.8 Å². The minimum atomic E-state index is -1.26. The van der Waals surface area contributed by atoms with Crippen LogP contribution in [-0.2, 0) is 9.59 Å². The molecule has 0 fully saturated rings. The summed E-state index contributed by atoms with van der Waals surface area (Å²) in [4.78, 5) is 19.1. The molecular weight excluding hydrogens is 143 g/mol. The van der Waals surface area contributed by atoms with E-state index in [-0.39, 0.29) is 9.90 Å². The van der Waals surface area contributed by atoms with Gasteiger partial charge in [0.1, 0.15) is 0 Å². The van der Waals surface area contributed by atoms with Gasteiger partial charge in [-0.1, -0.05) is 0 Å². The van der Waals surface area contributed by atoms with Gasteiger partial charge >= 0.3 is 11.9 Å². The van der Waals surface area contributed by atoms with Crippen LogP contribution >= 0.6 is 9.90 Å². The predicted molar refractivity (Wildman–Crippen MR) is 35.5 cm³/mol. The SMILES string of the molecule is O=C(O)/C=C\C(=O)O.P. The molecular formula is C4H7O4P. The van der Waals surface area contributed by atoms with Crippen molar-refractivity contribution in [2.24, 2.45) is 0 Å². The van der Waals surface area contributed by atoms with E-state index < -0.39 is 11.9 Å². The van der Waals surface area contributed by atoms with Gasteiger partial charge in [-0.05, 0) is 0 Å². The first-order valence-corrected chi connectivity index (χ1v) is 1.77. The molecule has 0 saturated carbocycles. The van der Waals surface area contributed by atoms with Crippen LogP contribution in [0.2, 0.25) is 0 Å². The second-order valence-electron chi connectivity index (χ2n) is 1.01. The third-order valence-corrected chi connectivity index (χ3v) is 0.368. The molecule has 52 valence electrons. The molecule has 0 aromatic rings. The normalized spacial score (nSPS) is 8.44. The molecule has 0 heterocycles. The predicted octanol–water partition coefficient (Wildman–Crippen LogP) is -0.230. The second kappa shape index (κ2) is 5.25. The van der Waals surface area contributed by atoms with Crippen LogP contribution in [0.5, 0.6) is 0 Å². The molecule has 0 amide bonds. The van der Waals surface area contributed by atoms with Crippen molar-refractivity contribution in [2.45, 2.75) is 0 Å². The van der Waals surface area contributed by atoms with Crippen LogP contribution in [0.4, 0.5) is 0 Å². The zero-order valence-corrected chi connectivity index (χ0v) is 5.99. The summed E-state index contributed by atoms with van der Waals surface area (Å²) in [7, 11) is 0. The summed E-state index contributed by atoms with van der Waals surface area (Å²) in [6, 6.07) is 0. The van der Waals surface area contributed by atoms with Crippen LogP contribution in [0, 0.1) is 0 Å². The van der Waals surface area contributed by atoms with Gasteiger partial charge in [-0.25, -0.2) is 9.59 Å². The van der Waals surface area contributed by atoms with Crippen LogP contribution in [0.1, 0.15) is 0 Å².